The first-order valence-electron chi connectivity index (χ1n) is 7.78. The summed E-state index contributed by atoms with van der Waals surface area (Å²) in [5, 5.41) is 3.68. The third-order valence-corrected chi connectivity index (χ3v) is 3.87. The number of ether oxygens (including phenoxy) is 2. The van der Waals surface area contributed by atoms with E-state index in [0.29, 0.717) is 42.7 Å². The molecule has 0 radical (unpaired) electrons. The minimum atomic E-state index is -0.113. The Morgan fingerprint density at radius 2 is 2.25 bits per heavy atom. The molecule has 7 heteroatoms. The maximum absolute atomic E-state index is 12.0. The summed E-state index contributed by atoms with van der Waals surface area (Å²) in [6.07, 6.45) is 3.60. The first kappa shape index (κ1) is 14.5. The van der Waals surface area contributed by atoms with E-state index in [1.54, 1.807) is 12.3 Å². The number of aromatic nitrogens is 3. The van der Waals surface area contributed by atoms with Gasteiger partial charge in [-0.05, 0) is 24.6 Å². The Bertz CT molecular complexity index is 919. The van der Waals surface area contributed by atoms with Crippen molar-refractivity contribution in [3.8, 4) is 22.9 Å². The molecular weight excluding hydrogens is 308 g/mol. The number of nitrogens with zero attached hydrogens (tertiary/aromatic N) is 2. The molecule has 7 nitrogen and oxygen atoms in total. The molecule has 2 aromatic heterocycles. The van der Waals surface area contributed by atoms with Crippen molar-refractivity contribution >= 4 is 16.9 Å². The number of hydrogen-bond acceptors (Lipinski definition) is 5. The summed E-state index contributed by atoms with van der Waals surface area (Å²) in [5.41, 5.74) is 3.13. The van der Waals surface area contributed by atoms with Crippen LogP contribution in [0.15, 0.2) is 30.6 Å². The number of carbonyl (C=O) groups excluding carboxylic acids is 1. The van der Waals surface area contributed by atoms with Crippen LogP contribution in [0.2, 0.25) is 0 Å². The number of nitrogens with one attached hydrogen (secondary N) is 2. The van der Waals surface area contributed by atoms with Crippen molar-refractivity contribution in [3.05, 3.63) is 36.2 Å². The Labute approximate surface area is 138 Å². The topological polar surface area (TPSA) is 89.1 Å². The van der Waals surface area contributed by atoms with Gasteiger partial charge in [-0.1, -0.05) is 6.07 Å². The van der Waals surface area contributed by atoms with Gasteiger partial charge in [0, 0.05) is 23.3 Å². The third-order valence-electron chi connectivity index (χ3n) is 3.87. The SMILES string of the molecule is CCOc1ncc2c(-c3ccc4c(c3)OCCNC4=O)c[nH]c2n1. The molecule has 1 aromatic carbocycles. The fourth-order valence-corrected chi connectivity index (χ4v) is 2.75. The lowest BCUT2D eigenvalue weighted by atomic mass is 10.0. The number of benzene rings is 1. The standard InChI is InChI=1S/C17H16N4O3/c1-2-23-17-20-9-13-12(8-19-15(13)21-17)10-3-4-11-14(7-10)24-6-5-18-16(11)22/h3-4,7-9H,2,5-6H2,1H3,(H,18,22)(H,19,20,21). The molecule has 3 heterocycles. The monoisotopic (exact) mass is 324 g/mol. The van der Waals surface area contributed by atoms with Crippen LogP contribution in [0.3, 0.4) is 0 Å². The van der Waals surface area contributed by atoms with Crippen LogP contribution < -0.4 is 14.8 Å². The Morgan fingerprint density at radius 1 is 1.33 bits per heavy atom. The predicted molar refractivity (Wildman–Crippen MR) is 88.3 cm³/mol. The number of H-pyrrole nitrogens is 1. The van der Waals surface area contributed by atoms with E-state index in [2.05, 4.69) is 20.3 Å². The molecule has 1 aliphatic rings. The van der Waals surface area contributed by atoms with Crippen molar-refractivity contribution in [2.24, 2.45) is 0 Å². The van der Waals surface area contributed by atoms with Crippen molar-refractivity contribution in [2.45, 2.75) is 6.92 Å². The number of amides is 1. The van der Waals surface area contributed by atoms with E-state index in [9.17, 15) is 4.79 Å². The Kier molecular flexibility index (Phi) is 3.53. The Balaban J connectivity index is 1.77. The van der Waals surface area contributed by atoms with Crippen LogP contribution in [0.5, 0.6) is 11.8 Å². The summed E-state index contributed by atoms with van der Waals surface area (Å²) in [5.74, 6) is 0.473. The van der Waals surface area contributed by atoms with Gasteiger partial charge in [0.2, 0.25) is 0 Å². The van der Waals surface area contributed by atoms with Gasteiger partial charge in [0.25, 0.3) is 5.91 Å². The van der Waals surface area contributed by atoms with Crippen LogP contribution >= 0.6 is 0 Å². The van der Waals surface area contributed by atoms with E-state index in [1.807, 2.05) is 25.3 Å². The second-order valence-electron chi connectivity index (χ2n) is 5.37. The van der Waals surface area contributed by atoms with Gasteiger partial charge in [-0.2, -0.15) is 4.98 Å². The van der Waals surface area contributed by atoms with Gasteiger partial charge in [0.1, 0.15) is 18.0 Å². The zero-order valence-corrected chi connectivity index (χ0v) is 13.1. The zero-order chi connectivity index (χ0) is 16.5. The van der Waals surface area contributed by atoms with Crippen molar-refractivity contribution in [3.63, 3.8) is 0 Å². The Hall–Kier alpha value is -3.09. The zero-order valence-electron chi connectivity index (χ0n) is 13.1. The summed E-state index contributed by atoms with van der Waals surface area (Å²) in [6, 6.07) is 5.89. The molecule has 4 rings (SSSR count). The fourth-order valence-electron chi connectivity index (χ4n) is 2.75. The molecule has 122 valence electrons. The van der Waals surface area contributed by atoms with Gasteiger partial charge >= 0.3 is 6.01 Å². The summed E-state index contributed by atoms with van der Waals surface area (Å²) >= 11 is 0. The van der Waals surface area contributed by atoms with Crippen molar-refractivity contribution in [1.29, 1.82) is 0 Å². The van der Waals surface area contributed by atoms with E-state index < -0.39 is 0 Å². The maximum atomic E-state index is 12.0. The number of hydrogen-bond donors (Lipinski definition) is 2. The highest BCUT2D eigenvalue weighted by Crippen LogP contribution is 2.32. The van der Waals surface area contributed by atoms with E-state index in [1.165, 1.54) is 0 Å². The van der Waals surface area contributed by atoms with Crippen LogP contribution in [0.4, 0.5) is 0 Å². The second-order valence-corrected chi connectivity index (χ2v) is 5.37. The van der Waals surface area contributed by atoms with Crippen LogP contribution in [0, 0.1) is 0 Å². The lowest BCUT2D eigenvalue weighted by Crippen LogP contribution is -2.24. The third kappa shape index (κ3) is 2.44. The Morgan fingerprint density at radius 3 is 3.12 bits per heavy atom. The first-order valence-corrected chi connectivity index (χ1v) is 7.78. The molecule has 0 unspecified atom stereocenters. The lowest BCUT2D eigenvalue weighted by molar-refractivity contribution is 0.0957. The summed E-state index contributed by atoms with van der Waals surface area (Å²) in [6.45, 7) is 3.36. The highest BCUT2D eigenvalue weighted by molar-refractivity contribution is 5.99. The largest absolute Gasteiger partial charge is 0.491 e. The van der Waals surface area contributed by atoms with Crippen LogP contribution in [0.1, 0.15) is 17.3 Å². The van der Waals surface area contributed by atoms with Crippen molar-refractivity contribution in [1.82, 2.24) is 20.3 Å². The van der Waals surface area contributed by atoms with Crippen molar-refractivity contribution in [2.75, 3.05) is 19.8 Å². The molecule has 0 atom stereocenters. The average molecular weight is 324 g/mol. The van der Waals surface area contributed by atoms with Gasteiger partial charge in [-0.15, -0.1) is 0 Å². The normalized spacial score (nSPS) is 13.8. The molecule has 0 saturated heterocycles. The molecule has 1 aliphatic heterocycles. The maximum Gasteiger partial charge on any atom is 0.318 e. The highest BCUT2D eigenvalue weighted by Gasteiger charge is 2.18. The van der Waals surface area contributed by atoms with Gasteiger partial charge in [-0.3, -0.25) is 4.79 Å². The van der Waals surface area contributed by atoms with Crippen molar-refractivity contribution < 1.29 is 14.3 Å². The molecule has 24 heavy (non-hydrogen) atoms. The molecule has 0 fully saturated rings. The highest BCUT2D eigenvalue weighted by atomic mass is 16.5. The molecule has 0 saturated carbocycles. The predicted octanol–water partition coefficient (Wildman–Crippen LogP) is 2.15. The second kappa shape index (κ2) is 5.84. The van der Waals surface area contributed by atoms with E-state index in [4.69, 9.17) is 9.47 Å². The molecule has 3 aromatic rings. The summed E-state index contributed by atoms with van der Waals surface area (Å²) in [4.78, 5) is 23.7. The lowest BCUT2D eigenvalue weighted by Gasteiger charge is -2.08. The fraction of sp³-hybridized carbons (Fsp3) is 0.235. The van der Waals surface area contributed by atoms with Crippen LogP contribution in [0.25, 0.3) is 22.2 Å². The molecule has 2 N–H and O–H groups in total. The molecule has 0 bridgehead atoms. The average Bonchev–Trinajstić information content (AvgIpc) is 2.92. The minimum Gasteiger partial charge on any atom is -0.491 e. The minimum absolute atomic E-state index is 0.113. The quantitative estimate of drug-likeness (QED) is 0.770. The van der Waals surface area contributed by atoms with E-state index >= 15 is 0 Å². The molecule has 1 amide bonds. The summed E-state index contributed by atoms with van der Waals surface area (Å²) in [7, 11) is 0. The van der Waals surface area contributed by atoms with E-state index in [-0.39, 0.29) is 5.91 Å². The molecular formula is C17H16N4O3. The molecule has 0 spiro atoms. The van der Waals surface area contributed by atoms with Crippen LogP contribution in [-0.4, -0.2) is 40.6 Å². The van der Waals surface area contributed by atoms with Gasteiger partial charge < -0.3 is 19.8 Å². The number of fused-ring (bicyclic) bond motifs is 2. The smallest absolute Gasteiger partial charge is 0.318 e. The summed E-state index contributed by atoms with van der Waals surface area (Å²) < 4.78 is 11.0. The molecule has 0 aliphatic carbocycles. The van der Waals surface area contributed by atoms with Gasteiger partial charge in [-0.25, -0.2) is 4.98 Å². The first-order chi connectivity index (χ1) is 11.8. The van der Waals surface area contributed by atoms with E-state index in [0.717, 1.165) is 16.5 Å². The van der Waals surface area contributed by atoms with Gasteiger partial charge in [0.15, 0.2) is 0 Å². The number of carbonyl (C=O) groups is 1. The number of aromatic amines is 1. The number of rotatable bonds is 3. The van der Waals surface area contributed by atoms with Gasteiger partial charge in [0.05, 0.1) is 18.7 Å². The van der Waals surface area contributed by atoms with Crippen LogP contribution in [-0.2, 0) is 0 Å².